The summed E-state index contributed by atoms with van der Waals surface area (Å²) in [4.78, 5) is 4.78. The fourth-order valence-corrected chi connectivity index (χ4v) is 2.99. The van der Waals surface area contributed by atoms with E-state index in [2.05, 4.69) is 31.4 Å². The highest BCUT2D eigenvalue weighted by molar-refractivity contribution is 5.91. The number of ether oxygens (including phenoxy) is 2. The second-order valence-corrected chi connectivity index (χ2v) is 5.77. The summed E-state index contributed by atoms with van der Waals surface area (Å²) in [7, 11) is 3.28. The summed E-state index contributed by atoms with van der Waals surface area (Å²) in [6, 6.07) is 12.2. The fourth-order valence-electron chi connectivity index (χ4n) is 2.99. The zero-order chi connectivity index (χ0) is 18.0. The molecule has 0 N–H and O–H groups in total. The predicted octanol–water partition coefficient (Wildman–Crippen LogP) is 5.51. The summed E-state index contributed by atoms with van der Waals surface area (Å²) in [6.45, 7) is 9.73. The van der Waals surface area contributed by atoms with Crippen LogP contribution in [0, 0.1) is 6.92 Å². The van der Waals surface area contributed by atoms with Crippen LogP contribution < -0.4 is 9.47 Å². The number of aromatic nitrogens is 1. The van der Waals surface area contributed by atoms with Crippen molar-refractivity contribution in [3.05, 3.63) is 66.4 Å². The monoisotopic (exact) mass is 331 g/mol. The number of hydrogen-bond acceptors (Lipinski definition) is 3. The summed E-state index contributed by atoms with van der Waals surface area (Å²) >= 11 is 0. The standard InChI is InChI=1S/C22H21NO2/c1-6-15-8-9-17(10-16(15)7-2)20-11-18-12-21(24-4)22(25-5)13-19(18)14(3)23-20/h6-13H,1-2H2,3-5H3. The van der Waals surface area contributed by atoms with Gasteiger partial charge in [0.15, 0.2) is 11.5 Å². The molecule has 0 spiro atoms. The van der Waals surface area contributed by atoms with Crippen LogP contribution in [-0.4, -0.2) is 19.2 Å². The lowest BCUT2D eigenvalue weighted by Gasteiger charge is -2.12. The van der Waals surface area contributed by atoms with Crippen LogP contribution in [0.3, 0.4) is 0 Å². The average Bonchev–Trinajstić information content (AvgIpc) is 2.66. The molecular weight excluding hydrogens is 310 g/mol. The van der Waals surface area contributed by atoms with E-state index in [4.69, 9.17) is 14.5 Å². The van der Waals surface area contributed by atoms with Crippen molar-refractivity contribution in [1.29, 1.82) is 0 Å². The number of methoxy groups -OCH3 is 2. The van der Waals surface area contributed by atoms with Gasteiger partial charge in [-0.05, 0) is 47.7 Å². The Hall–Kier alpha value is -3.07. The van der Waals surface area contributed by atoms with Gasteiger partial charge in [-0.2, -0.15) is 0 Å². The lowest BCUT2D eigenvalue weighted by Crippen LogP contribution is -1.94. The summed E-state index contributed by atoms with van der Waals surface area (Å²) in [5.41, 5.74) is 5.00. The third kappa shape index (κ3) is 3.01. The molecular formula is C22H21NO2. The first kappa shape index (κ1) is 16.8. The minimum absolute atomic E-state index is 0.705. The Balaban J connectivity index is 2.21. The van der Waals surface area contributed by atoms with Gasteiger partial charge in [-0.1, -0.05) is 37.4 Å². The zero-order valence-electron chi connectivity index (χ0n) is 14.8. The number of nitrogens with zero attached hydrogens (tertiary/aromatic N) is 1. The molecule has 0 saturated carbocycles. The number of benzene rings is 2. The highest BCUT2D eigenvalue weighted by Gasteiger charge is 2.11. The van der Waals surface area contributed by atoms with Crippen LogP contribution in [0.5, 0.6) is 11.5 Å². The highest BCUT2D eigenvalue weighted by atomic mass is 16.5. The number of pyridine rings is 1. The Morgan fingerprint density at radius 2 is 1.56 bits per heavy atom. The molecule has 3 aromatic rings. The van der Waals surface area contributed by atoms with Crippen LogP contribution >= 0.6 is 0 Å². The summed E-state index contributed by atoms with van der Waals surface area (Å²) in [5.74, 6) is 1.41. The molecule has 0 saturated heterocycles. The molecule has 0 bridgehead atoms. The van der Waals surface area contributed by atoms with E-state index in [1.165, 1.54) is 0 Å². The second-order valence-electron chi connectivity index (χ2n) is 5.77. The van der Waals surface area contributed by atoms with Crippen molar-refractivity contribution in [2.75, 3.05) is 14.2 Å². The van der Waals surface area contributed by atoms with Crippen molar-refractivity contribution >= 4 is 22.9 Å². The Bertz CT molecular complexity index is 973. The molecule has 2 aromatic carbocycles. The molecule has 0 radical (unpaired) electrons. The van der Waals surface area contributed by atoms with Gasteiger partial charge in [-0.3, -0.25) is 4.98 Å². The Labute approximate surface area is 148 Å². The molecule has 25 heavy (non-hydrogen) atoms. The van der Waals surface area contributed by atoms with Crippen molar-refractivity contribution in [2.45, 2.75) is 6.92 Å². The predicted molar refractivity (Wildman–Crippen MR) is 105 cm³/mol. The Kier molecular flexibility index (Phi) is 4.57. The highest BCUT2D eigenvalue weighted by Crippen LogP contribution is 2.35. The maximum atomic E-state index is 5.43. The van der Waals surface area contributed by atoms with E-state index in [0.717, 1.165) is 38.9 Å². The van der Waals surface area contributed by atoms with E-state index in [9.17, 15) is 0 Å². The fraction of sp³-hybridized carbons (Fsp3) is 0.136. The second kappa shape index (κ2) is 6.81. The molecule has 0 aliphatic heterocycles. The smallest absolute Gasteiger partial charge is 0.161 e. The van der Waals surface area contributed by atoms with Crippen LogP contribution in [0.2, 0.25) is 0 Å². The van der Waals surface area contributed by atoms with E-state index in [-0.39, 0.29) is 0 Å². The van der Waals surface area contributed by atoms with Crippen LogP contribution in [0.1, 0.15) is 16.8 Å². The van der Waals surface area contributed by atoms with Gasteiger partial charge in [0.2, 0.25) is 0 Å². The van der Waals surface area contributed by atoms with Crippen LogP contribution in [0.4, 0.5) is 0 Å². The lowest BCUT2D eigenvalue weighted by atomic mass is 10.00. The molecule has 126 valence electrons. The maximum Gasteiger partial charge on any atom is 0.161 e. The quantitative estimate of drug-likeness (QED) is 0.617. The van der Waals surface area contributed by atoms with E-state index < -0.39 is 0 Å². The molecule has 0 aliphatic rings. The van der Waals surface area contributed by atoms with Gasteiger partial charge in [-0.25, -0.2) is 0 Å². The number of hydrogen-bond donors (Lipinski definition) is 0. The van der Waals surface area contributed by atoms with Crippen molar-refractivity contribution in [3.8, 4) is 22.8 Å². The molecule has 0 fully saturated rings. The molecule has 0 unspecified atom stereocenters. The van der Waals surface area contributed by atoms with Gasteiger partial charge in [0.05, 0.1) is 19.9 Å². The molecule has 1 aromatic heterocycles. The van der Waals surface area contributed by atoms with Crippen LogP contribution in [0.15, 0.2) is 49.6 Å². The van der Waals surface area contributed by atoms with Gasteiger partial charge in [0, 0.05) is 16.6 Å². The number of rotatable bonds is 5. The molecule has 1 heterocycles. The summed E-state index contributed by atoms with van der Waals surface area (Å²) in [5, 5.41) is 2.11. The molecule has 0 aliphatic carbocycles. The molecule has 3 nitrogen and oxygen atoms in total. The minimum atomic E-state index is 0.705. The van der Waals surface area contributed by atoms with Gasteiger partial charge in [0.1, 0.15) is 0 Å². The zero-order valence-corrected chi connectivity index (χ0v) is 14.8. The average molecular weight is 331 g/mol. The van der Waals surface area contributed by atoms with E-state index >= 15 is 0 Å². The SMILES string of the molecule is C=Cc1ccc(-c2cc3cc(OC)c(OC)cc3c(C)n2)cc1C=C. The molecule has 0 amide bonds. The first-order valence-electron chi connectivity index (χ1n) is 8.04. The third-order valence-electron chi connectivity index (χ3n) is 4.35. The van der Waals surface area contributed by atoms with Gasteiger partial charge < -0.3 is 9.47 Å². The van der Waals surface area contributed by atoms with E-state index in [1.807, 2.05) is 37.3 Å². The maximum absolute atomic E-state index is 5.43. The third-order valence-corrected chi connectivity index (χ3v) is 4.35. The van der Waals surface area contributed by atoms with E-state index in [1.54, 1.807) is 14.2 Å². The van der Waals surface area contributed by atoms with Gasteiger partial charge >= 0.3 is 0 Å². The largest absolute Gasteiger partial charge is 0.493 e. The van der Waals surface area contributed by atoms with Crippen molar-refractivity contribution in [2.24, 2.45) is 0 Å². The Morgan fingerprint density at radius 1 is 0.880 bits per heavy atom. The summed E-state index contributed by atoms with van der Waals surface area (Å²) in [6.07, 6.45) is 3.67. The van der Waals surface area contributed by atoms with Crippen molar-refractivity contribution < 1.29 is 9.47 Å². The molecule has 3 heteroatoms. The molecule has 0 atom stereocenters. The van der Waals surface area contributed by atoms with E-state index in [0.29, 0.717) is 11.5 Å². The van der Waals surface area contributed by atoms with Crippen molar-refractivity contribution in [1.82, 2.24) is 4.98 Å². The Morgan fingerprint density at radius 3 is 2.20 bits per heavy atom. The van der Waals surface area contributed by atoms with Crippen LogP contribution in [0.25, 0.3) is 34.2 Å². The topological polar surface area (TPSA) is 31.4 Å². The first-order chi connectivity index (χ1) is 12.1. The van der Waals surface area contributed by atoms with Crippen LogP contribution in [-0.2, 0) is 0 Å². The van der Waals surface area contributed by atoms with Gasteiger partial charge in [0.25, 0.3) is 0 Å². The number of aryl methyl sites for hydroxylation is 1. The lowest BCUT2D eigenvalue weighted by molar-refractivity contribution is 0.356. The number of fused-ring (bicyclic) bond motifs is 1. The normalized spacial score (nSPS) is 10.5. The molecule has 3 rings (SSSR count). The summed E-state index contributed by atoms with van der Waals surface area (Å²) < 4.78 is 10.8. The van der Waals surface area contributed by atoms with Gasteiger partial charge in [-0.15, -0.1) is 0 Å². The minimum Gasteiger partial charge on any atom is -0.493 e. The first-order valence-corrected chi connectivity index (χ1v) is 8.04. The van der Waals surface area contributed by atoms with Crippen molar-refractivity contribution in [3.63, 3.8) is 0 Å².